The van der Waals surface area contributed by atoms with Crippen LogP contribution in [0.5, 0.6) is 0 Å². The molecule has 0 unspecified atom stereocenters. The van der Waals surface area contributed by atoms with Crippen molar-refractivity contribution in [2.75, 3.05) is 26.2 Å². The summed E-state index contributed by atoms with van der Waals surface area (Å²) < 4.78 is 0. The van der Waals surface area contributed by atoms with Gasteiger partial charge in [-0.05, 0) is 17.8 Å². The first-order valence-electron chi connectivity index (χ1n) is 9.14. The summed E-state index contributed by atoms with van der Waals surface area (Å²) in [6.45, 7) is 6.52. The van der Waals surface area contributed by atoms with Crippen molar-refractivity contribution in [1.29, 1.82) is 0 Å². The van der Waals surface area contributed by atoms with Gasteiger partial charge >= 0.3 is 12.0 Å². The Bertz CT molecular complexity index is 406. The molecule has 6 nitrogen and oxygen atoms in total. The van der Waals surface area contributed by atoms with E-state index in [9.17, 15) is 14.7 Å². The van der Waals surface area contributed by atoms with Crippen molar-refractivity contribution in [3.8, 4) is 0 Å². The van der Waals surface area contributed by atoms with Crippen LogP contribution in [-0.2, 0) is 4.79 Å². The number of urea groups is 1. The Labute approximate surface area is 145 Å². The molecule has 3 N–H and O–H groups in total. The largest absolute Gasteiger partial charge is 0.481 e. The predicted octanol–water partition coefficient (Wildman–Crippen LogP) is 2.71. The van der Waals surface area contributed by atoms with Gasteiger partial charge in [0.2, 0.25) is 0 Å². The van der Waals surface area contributed by atoms with E-state index < -0.39 is 17.3 Å². The molecule has 0 spiro atoms. The summed E-state index contributed by atoms with van der Waals surface area (Å²) in [7, 11) is 0. The number of aliphatic hydroxyl groups is 1. The van der Waals surface area contributed by atoms with Gasteiger partial charge in [0.05, 0.1) is 12.5 Å². The lowest BCUT2D eigenvalue weighted by Gasteiger charge is -2.31. The summed E-state index contributed by atoms with van der Waals surface area (Å²) in [6.07, 6.45) is 7.31. The lowest BCUT2D eigenvalue weighted by atomic mass is 9.80. The second kappa shape index (κ2) is 9.87. The number of hydrogen-bond acceptors (Lipinski definition) is 3. The maximum atomic E-state index is 12.4. The van der Waals surface area contributed by atoms with Crippen LogP contribution in [0.3, 0.4) is 0 Å². The van der Waals surface area contributed by atoms with E-state index in [0.29, 0.717) is 25.6 Å². The van der Waals surface area contributed by atoms with Gasteiger partial charge in [-0.3, -0.25) is 4.79 Å². The lowest BCUT2D eigenvalue weighted by molar-refractivity contribution is -0.144. The minimum atomic E-state index is -0.862. The second-order valence-corrected chi connectivity index (χ2v) is 7.71. The zero-order valence-electron chi connectivity index (χ0n) is 15.4. The van der Waals surface area contributed by atoms with E-state index in [0.717, 1.165) is 6.42 Å². The fourth-order valence-corrected chi connectivity index (χ4v) is 3.15. The molecule has 140 valence electrons. The number of nitrogens with one attached hydrogen (secondary N) is 1. The zero-order chi connectivity index (χ0) is 18.2. The fourth-order valence-electron chi connectivity index (χ4n) is 3.15. The van der Waals surface area contributed by atoms with Crippen molar-refractivity contribution >= 4 is 12.0 Å². The Hall–Kier alpha value is -1.30. The van der Waals surface area contributed by atoms with E-state index >= 15 is 0 Å². The molecular formula is C18H34N2O4. The summed E-state index contributed by atoms with van der Waals surface area (Å²) in [5.74, 6) is -0.735. The summed E-state index contributed by atoms with van der Waals surface area (Å²) in [5, 5.41) is 21.2. The SMILES string of the molecule is C[C@H](C(=O)O)C(C)(C)CNC(=O)N(CCO)CCC1CCCCC1. The van der Waals surface area contributed by atoms with Crippen molar-refractivity contribution in [2.45, 2.75) is 59.3 Å². The number of carboxylic acid groups (broad SMARTS) is 1. The molecule has 0 radical (unpaired) electrons. The zero-order valence-corrected chi connectivity index (χ0v) is 15.4. The molecule has 1 atom stereocenters. The topological polar surface area (TPSA) is 89.9 Å². The number of hydrogen-bond donors (Lipinski definition) is 3. The maximum absolute atomic E-state index is 12.4. The van der Waals surface area contributed by atoms with Crippen LogP contribution < -0.4 is 5.32 Å². The summed E-state index contributed by atoms with van der Waals surface area (Å²) in [6, 6.07) is -0.217. The van der Waals surface area contributed by atoms with Gasteiger partial charge in [0.15, 0.2) is 0 Å². The molecule has 1 aliphatic rings. The summed E-state index contributed by atoms with van der Waals surface area (Å²) >= 11 is 0. The van der Waals surface area contributed by atoms with Crippen LogP contribution in [0.1, 0.15) is 59.3 Å². The van der Waals surface area contributed by atoms with E-state index in [2.05, 4.69) is 5.32 Å². The van der Waals surface area contributed by atoms with Crippen molar-refractivity contribution in [2.24, 2.45) is 17.3 Å². The minimum Gasteiger partial charge on any atom is -0.481 e. The number of aliphatic hydroxyl groups excluding tert-OH is 1. The Morgan fingerprint density at radius 3 is 2.38 bits per heavy atom. The van der Waals surface area contributed by atoms with Gasteiger partial charge in [0.1, 0.15) is 0 Å². The monoisotopic (exact) mass is 342 g/mol. The van der Waals surface area contributed by atoms with Gasteiger partial charge in [0, 0.05) is 19.6 Å². The molecule has 24 heavy (non-hydrogen) atoms. The van der Waals surface area contributed by atoms with Gasteiger partial charge in [-0.25, -0.2) is 4.79 Å². The summed E-state index contributed by atoms with van der Waals surface area (Å²) in [5.41, 5.74) is -0.532. The van der Waals surface area contributed by atoms with E-state index in [1.807, 2.05) is 13.8 Å². The normalized spacial score (nSPS) is 17.3. The van der Waals surface area contributed by atoms with Gasteiger partial charge in [-0.2, -0.15) is 0 Å². The molecule has 1 rings (SSSR count). The number of rotatable bonds is 9. The third kappa shape index (κ3) is 6.67. The quantitative estimate of drug-likeness (QED) is 0.601. The van der Waals surface area contributed by atoms with E-state index in [4.69, 9.17) is 5.11 Å². The fraction of sp³-hybridized carbons (Fsp3) is 0.889. The average Bonchev–Trinajstić information content (AvgIpc) is 2.56. The molecule has 0 aromatic heterocycles. The molecule has 6 heteroatoms. The molecule has 0 aliphatic heterocycles. The van der Waals surface area contributed by atoms with Crippen LogP contribution in [0.25, 0.3) is 0 Å². The lowest BCUT2D eigenvalue weighted by Crippen LogP contribution is -2.47. The number of carbonyl (C=O) groups excluding carboxylic acids is 1. The Morgan fingerprint density at radius 1 is 1.21 bits per heavy atom. The molecule has 1 fully saturated rings. The van der Waals surface area contributed by atoms with Gasteiger partial charge in [-0.1, -0.05) is 52.9 Å². The van der Waals surface area contributed by atoms with Gasteiger partial charge in [0.25, 0.3) is 0 Å². The Morgan fingerprint density at radius 2 is 1.83 bits per heavy atom. The number of aliphatic carboxylic acids is 1. The second-order valence-electron chi connectivity index (χ2n) is 7.71. The predicted molar refractivity (Wildman–Crippen MR) is 93.8 cm³/mol. The maximum Gasteiger partial charge on any atom is 0.317 e. The highest BCUT2D eigenvalue weighted by Gasteiger charge is 2.32. The van der Waals surface area contributed by atoms with Crippen LogP contribution in [-0.4, -0.2) is 53.4 Å². The molecule has 0 saturated heterocycles. The minimum absolute atomic E-state index is 0.0625. The van der Waals surface area contributed by atoms with Crippen LogP contribution in [0.2, 0.25) is 0 Å². The first kappa shape index (κ1) is 20.7. The van der Waals surface area contributed by atoms with Crippen molar-refractivity contribution < 1.29 is 19.8 Å². The standard InChI is InChI=1S/C18H34N2O4/c1-14(16(22)23)18(2,3)13-19-17(24)20(11-12-21)10-9-15-7-5-4-6-8-15/h14-15,21H,4-13H2,1-3H3,(H,19,24)(H,22,23)/t14-/m1/s1. The van der Waals surface area contributed by atoms with Crippen LogP contribution >= 0.6 is 0 Å². The molecule has 0 bridgehead atoms. The molecule has 1 saturated carbocycles. The van der Waals surface area contributed by atoms with Gasteiger partial charge < -0.3 is 20.4 Å². The Balaban J connectivity index is 2.48. The molecule has 1 aliphatic carbocycles. The third-order valence-electron chi connectivity index (χ3n) is 5.43. The van der Waals surface area contributed by atoms with Gasteiger partial charge in [-0.15, -0.1) is 0 Å². The number of carbonyl (C=O) groups is 2. The average molecular weight is 342 g/mol. The van der Waals surface area contributed by atoms with E-state index in [1.165, 1.54) is 32.1 Å². The number of nitrogens with zero attached hydrogens (tertiary/aromatic N) is 1. The first-order valence-corrected chi connectivity index (χ1v) is 9.14. The third-order valence-corrected chi connectivity index (χ3v) is 5.43. The smallest absolute Gasteiger partial charge is 0.317 e. The van der Waals surface area contributed by atoms with Crippen LogP contribution in [0.4, 0.5) is 4.79 Å². The highest BCUT2D eigenvalue weighted by Crippen LogP contribution is 2.27. The molecule has 0 heterocycles. The molecule has 2 amide bonds. The first-order chi connectivity index (χ1) is 11.3. The van der Waals surface area contributed by atoms with Crippen molar-refractivity contribution in [1.82, 2.24) is 10.2 Å². The molecule has 0 aromatic carbocycles. The number of carboxylic acids is 1. The van der Waals surface area contributed by atoms with Crippen molar-refractivity contribution in [3.05, 3.63) is 0 Å². The molecule has 0 aromatic rings. The highest BCUT2D eigenvalue weighted by atomic mass is 16.4. The van der Waals surface area contributed by atoms with Crippen molar-refractivity contribution in [3.63, 3.8) is 0 Å². The van der Waals surface area contributed by atoms with E-state index in [1.54, 1.807) is 11.8 Å². The van der Waals surface area contributed by atoms with Crippen LogP contribution in [0.15, 0.2) is 0 Å². The molecular weight excluding hydrogens is 308 g/mol. The Kier molecular flexibility index (Phi) is 8.53. The number of amides is 2. The summed E-state index contributed by atoms with van der Waals surface area (Å²) in [4.78, 5) is 25.2. The highest BCUT2D eigenvalue weighted by molar-refractivity contribution is 5.74. The van der Waals surface area contributed by atoms with Crippen LogP contribution in [0, 0.1) is 17.3 Å². The van der Waals surface area contributed by atoms with E-state index in [-0.39, 0.29) is 12.6 Å².